The molecule has 0 radical (unpaired) electrons. The molecule has 3 aromatic carbocycles. The Hall–Kier alpha value is -3.06. The highest BCUT2D eigenvalue weighted by Crippen LogP contribution is 2.36. The van der Waals surface area contributed by atoms with E-state index in [1.165, 1.54) is 11.1 Å². The van der Waals surface area contributed by atoms with Crippen molar-refractivity contribution < 1.29 is 0 Å². The molecule has 148 valence electrons. The highest BCUT2D eigenvalue weighted by atomic mass is 15.1. The third kappa shape index (κ3) is 4.68. The number of rotatable bonds is 6. The lowest BCUT2D eigenvalue weighted by atomic mass is 9.87. The first-order chi connectivity index (χ1) is 13.8. The van der Waals surface area contributed by atoms with Gasteiger partial charge < -0.3 is 4.90 Å². The van der Waals surface area contributed by atoms with Gasteiger partial charge >= 0.3 is 0 Å². The van der Waals surface area contributed by atoms with Crippen LogP contribution in [0.4, 0.5) is 17.1 Å². The van der Waals surface area contributed by atoms with Crippen molar-refractivity contribution in [2.45, 2.75) is 39.5 Å². The Morgan fingerprint density at radius 3 is 1.66 bits per heavy atom. The van der Waals surface area contributed by atoms with Gasteiger partial charge in [0.25, 0.3) is 0 Å². The number of allylic oxidation sites excluding steroid dienone is 2. The van der Waals surface area contributed by atoms with Gasteiger partial charge in [-0.1, -0.05) is 83.3 Å². The van der Waals surface area contributed by atoms with E-state index in [9.17, 15) is 0 Å². The molecule has 0 amide bonds. The number of benzene rings is 3. The van der Waals surface area contributed by atoms with Gasteiger partial charge in [0.15, 0.2) is 0 Å². The third-order valence-electron chi connectivity index (χ3n) is 5.34. The first kappa shape index (κ1) is 20.7. The fraction of sp³-hybridized carbons (Fsp3) is 0.214. The predicted molar refractivity (Wildman–Crippen MR) is 128 cm³/mol. The summed E-state index contributed by atoms with van der Waals surface area (Å²) in [6.07, 6.45) is 2.83. The van der Waals surface area contributed by atoms with E-state index in [0.29, 0.717) is 0 Å². The second-order valence-corrected chi connectivity index (χ2v) is 8.43. The van der Waals surface area contributed by atoms with Crippen LogP contribution in [0.15, 0.2) is 92.0 Å². The summed E-state index contributed by atoms with van der Waals surface area (Å²) in [5.41, 5.74) is 8.27. The van der Waals surface area contributed by atoms with E-state index in [-0.39, 0.29) is 5.41 Å². The van der Waals surface area contributed by atoms with Gasteiger partial charge in [-0.05, 0) is 70.5 Å². The van der Waals surface area contributed by atoms with E-state index in [2.05, 4.69) is 119 Å². The molecule has 3 rings (SSSR count). The van der Waals surface area contributed by atoms with Crippen molar-refractivity contribution in [1.82, 2.24) is 0 Å². The smallest absolute Gasteiger partial charge is 0.0462 e. The zero-order chi connectivity index (χ0) is 21.0. The molecule has 0 unspecified atom stereocenters. The standard InChI is InChI=1S/C28H31N/c1-7-21(3)23-11-17-26(18-12-23)29(25-15-9-22(8-2)10-16-25)27-19-13-24(14-20-27)28(4,5)6/h7,9-20H,1,3,8H2,2,4-6H3. The summed E-state index contributed by atoms with van der Waals surface area (Å²) >= 11 is 0. The summed E-state index contributed by atoms with van der Waals surface area (Å²) in [5.74, 6) is 0. The zero-order valence-electron chi connectivity index (χ0n) is 18.1. The molecular weight excluding hydrogens is 350 g/mol. The molecule has 0 spiro atoms. The Balaban J connectivity index is 2.06. The van der Waals surface area contributed by atoms with Gasteiger partial charge in [-0.2, -0.15) is 0 Å². The average molecular weight is 382 g/mol. The summed E-state index contributed by atoms with van der Waals surface area (Å²) in [4.78, 5) is 2.30. The van der Waals surface area contributed by atoms with Crippen molar-refractivity contribution >= 4 is 22.6 Å². The van der Waals surface area contributed by atoms with Crippen molar-refractivity contribution in [2.75, 3.05) is 4.90 Å². The van der Waals surface area contributed by atoms with Crippen LogP contribution in [-0.4, -0.2) is 0 Å². The second-order valence-electron chi connectivity index (χ2n) is 8.43. The molecule has 0 saturated carbocycles. The van der Waals surface area contributed by atoms with Crippen molar-refractivity contribution in [1.29, 1.82) is 0 Å². The van der Waals surface area contributed by atoms with E-state index in [0.717, 1.165) is 34.6 Å². The normalized spacial score (nSPS) is 11.2. The molecule has 1 heteroatoms. The van der Waals surface area contributed by atoms with Crippen LogP contribution in [0.25, 0.3) is 5.57 Å². The maximum absolute atomic E-state index is 4.05. The molecular formula is C28H31N. The van der Waals surface area contributed by atoms with Crippen molar-refractivity contribution in [3.05, 3.63) is 109 Å². The van der Waals surface area contributed by atoms with Crippen LogP contribution >= 0.6 is 0 Å². The minimum atomic E-state index is 0.138. The van der Waals surface area contributed by atoms with E-state index >= 15 is 0 Å². The summed E-state index contributed by atoms with van der Waals surface area (Å²) in [7, 11) is 0. The molecule has 0 atom stereocenters. The molecule has 0 aliphatic carbocycles. The summed E-state index contributed by atoms with van der Waals surface area (Å²) in [6, 6.07) is 26.2. The average Bonchev–Trinajstić information content (AvgIpc) is 2.74. The lowest BCUT2D eigenvalue weighted by molar-refractivity contribution is 0.590. The highest BCUT2D eigenvalue weighted by molar-refractivity contribution is 5.79. The molecule has 29 heavy (non-hydrogen) atoms. The molecule has 0 bridgehead atoms. The Morgan fingerprint density at radius 1 is 0.793 bits per heavy atom. The maximum atomic E-state index is 4.05. The molecule has 0 N–H and O–H groups in total. The minimum absolute atomic E-state index is 0.138. The van der Waals surface area contributed by atoms with Gasteiger partial charge in [-0.3, -0.25) is 0 Å². The fourth-order valence-corrected chi connectivity index (χ4v) is 3.38. The van der Waals surface area contributed by atoms with Gasteiger partial charge in [0.05, 0.1) is 0 Å². The van der Waals surface area contributed by atoms with E-state index in [4.69, 9.17) is 0 Å². The van der Waals surface area contributed by atoms with Crippen molar-refractivity contribution in [3.8, 4) is 0 Å². The molecule has 1 nitrogen and oxygen atoms in total. The second kappa shape index (κ2) is 8.53. The third-order valence-corrected chi connectivity index (χ3v) is 5.34. The van der Waals surface area contributed by atoms with Gasteiger partial charge in [-0.15, -0.1) is 0 Å². The molecule has 0 aliphatic rings. The zero-order valence-corrected chi connectivity index (χ0v) is 18.1. The quantitative estimate of drug-likeness (QED) is 0.389. The summed E-state index contributed by atoms with van der Waals surface area (Å²) in [5, 5.41) is 0. The molecule has 0 aliphatic heterocycles. The van der Waals surface area contributed by atoms with Crippen molar-refractivity contribution in [2.24, 2.45) is 0 Å². The van der Waals surface area contributed by atoms with Crippen LogP contribution in [0.1, 0.15) is 44.4 Å². The first-order valence-corrected chi connectivity index (χ1v) is 10.2. The number of anilines is 3. The first-order valence-electron chi connectivity index (χ1n) is 10.2. The highest BCUT2D eigenvalue weighted by Gasteiger charge is 2.16. The Morgan fingerprint density at radius 2 is 1.24 bits per heavy atom. The largest absolute Gasteiger partial charge is 0.311 e. The van der Waals surface area contributed by atoms with Crippen LogP contribution < -0.4 is 4.90 Å². The van der Waals surface area contributed by atoms with Gasteiger partial charge in [0.1, 0.15) is 0 Å². The lowest BCUT2D eigenvalue weighted by Crippen LogP contribution is -2.13. The number of nitrogens with zero attached hydrogens (tertiary/aromatic N) is 1. The SMILES string of the molecule is C=CC(=C)c1ccc(N(c2ccc(CC)cc2)c2ccc(C(C)(C)C)cc2)cc1. The van der Waals surface area contributed by atoms with Crippen LogP contribution in [0.2, 0.25) is 0 Å². The van der Waals surface area contributed by atoms with Gasteiger partial charge in [0.2, 0.25) is 0 Å². The number of hydrogen-bond donors (Lipinski definition) is 0. The topological polar surface area (TPSA) is 3.24 Å². The number of aryl methyl sites for hydroxylation is 1. The Kier molecular flexibility index (Phi) is 6.08. The molecule has 0 saturated heterocycles. The number of hydrogen-bond acceptors (Lipinski definition) is 1. The molecule has 3 aromatic rings. The van der Waals surface area contributed by atoms with Crippen LogP contribution in [-0.2, 0) is 11.8 Å². The Bertz CT molecular complexity index is 968. The van der Waals surface area contributed by atoms with Crippen LogP contribution in [0, 0.1) is 0 Å². The van der Waals surface area contributed by atoms with E-state index < -0.39 is 0 Å². The Labute approximate surface area is 176 Å². The van der Waals surface area contributed by atoms with E-state index in [1.807, 2.05) is 0 Å². The summed E-state index contributed by atoms with van der Waals surface area (Å²) in [6.45, 7) is 16.8. The summed E-state index contributed by atoms with van der Waals surface area (Å²) < 4.78 is 0. The lowest BCUT2D eigenvalue weighted by Gasteiger charge is -2.27. The molecule has 0 aromatic heterocycles. The monoisotopic (exact) mass is 381 g/mol. The molecule has 0 fully saturated rings. The minimum Gasteiger partial charge on any atom is -0.311 e. The van der Waals surface area contributed by atoms with E-state index in [1.54, 1.807) is 6.08 Å². The van der Waals surface area contributed by atoms with Crippen LogP contribution in [0.5, 0.6) is 0 Å². The van der Waals surface area contributed by atoms with Crippen LogP contribution in [0.3, 0.4) is 0 Å². The molecule has 0 heterocycles. The predicted octanol–water partition coefficient (Wildman–Crippen LogP) is 8.22. The fourth-order valence-electron chi connectivity index (χ4n) is 3.38. The van der Waals surface area contributed by atoms with Crippen molar-refractivity contribution in [3.63, 3.8) is 0 Å². The van der Waals surface area contributed by atoms with Gasteiger partial charge in [0, 0.05) is 17.1 Å². The maximum Gasteiger partial charge on any atom is 0.0462 e. The van der Waals surface area contributed by atoms with Gasteiger partial charge in [-0.25, -0.2) is 0 Å².